The number of nitrogens with zero attached hydrogens (tertiary/aromatic N) is 3. The molecule has 4 heteroatoms. The normalized spacial score (nSPS) is 10.3. The molecule has 0 aliphatic rings. The Kier molecular flexibility index (Phi) is 2.67. The van der Waals surface area contributed by atoms with E-state index in [2.05, 4.69) is 15.4 Å². The van der Waals surface area contributed by atoms with Crippen LogP contribution in [0.5, 0.6) is 0 Å². The fraction of sp³-hybridized carbons (Fsp3) is 0.273. The van der Waals surface area contributed by atoms with E-state index in [1.807, 2.05) is 44.4 Å². The summed E-state index contributed by atoms with van der Waals surface area (Å²) in [6.45, 7) is 2.68. The molecule has 0 bridgehead atoms. The zero-order chi connectivity index (χ0) is 10.7. The van der Waals surface area contributed by atoms with E-state index in [-0.39, 0.29) is 0 Å². The summed E-state index contributed by atoms with van der Waals surface area (Å²) in [7, 11) is 1.91. The molecule has 2 heterocycles. The maximum Gasteiger partial charge on any atom is 0.126 e. The topological polar surface area (TPSA) is 42.7 Å². The molecule has 0 saturated carbocycles. The largest absolute Gasteiger partial charge is 0.364 e. The highest BCUT2D eigenvalue weighted by molar-refractivity contribution is 5.35. The van der Waals surface area contributed by atoms with Gasteiger partial charge in [-0.3, -0.25) is 4.68 Å². The van der Waals surface area contributed by atoms with Crippen molar-refractivity contribution < 1.29 is 0 Å². The Hall–Kier alpha value is -1.84. The lowest BCUT2D eigenvalue weighted by Gasteiger charge is -2.03. The van der Waals surface area contributed by atoms with Crippen LogP contribution in [0.4, 0.5) is 5.82 Å². The van der Waals surface area contributed by atoms with Crippen molar-refractivity contribution in [3.8, 4) is 0 Å². The second kappa shape index (κ2) is 4.13. The zero-order valence-electron chi connectivity index (χ0n) is 8.94. The molecule has 4 nitrogen and oxygen atoms in total. The highest BCUT2D eigenvalue weighted by Crippen LogP contribution is 2.05. The molecular formula is C11H14N4. The van der Waals surface area contributed by atoms with Crippen molar-refractivity contribution in [1.29, 1.82) is 0 Å². The molecule has 0 aliphatic carbocycles. The highest BCUT2D eigenvalue weighted by atomic mass is 15.3. The number of nitrogens with one attached hydrogen (secondary N) is 1. The van der Waals surface area contributed by atoms with Crippen LogP contribution in [0.3, 0.4) is 0 Å². The first kappa shape index (κ1) is 9.71. The van der Waals surface area contributed by atoms with E-state index in [1.54, 1.807) is 4.68 Å². The van der Waals surface area contributed by atoms with Gasteiger partial charge in [0, 0.05) is 18.9 Å². The van der Waals surface area contributed by atoms with Gasteiger partial charge in [-0.15, -0.1) is 0 Å². The van der Waals surface area contributed by atoms with Gasteiger partial charge in [-0.25, -0.2) is 4.98 Å². The minimum Gasteiger partial charge on any atom is -0.364 e. The third kappa shape index (κ3) is 2.56. The van der Waals surface area contributed by atoms with Crippen LogP contribution in [-0.4, -0.2) is 14.8 Å². The summed E-state index contributed by atoms with van der Waals surface area (Å²) >= 11 is 0. The zero-order valence-corrected chi connectivity index (χ0v) is 8.94. The molecule has 0 saturated heterocycles. The van der Waals surface area contributed by atoms with E-state index in [9.17, 15) is 0 Å². The van der Waals surface area contributed by atoms with Crippen LogP contribution >= 0.6 is 0 Å². The number of pyridine rings is 1. The van der Waals surface area contributed by atoms with Crippen molar-refractivity contribution in [2.45, 2.75) is 13.5 Å². The quantitative estimate of drug-likeness (QED) is 0.824. The Labute approximate surface area is 89.0 Å². The van der Waals surface area contributed by atoms with Crippen LogP contribution in [0.2, 0.25) is 0 Å². The van der Waals surface area contributed by atoms with Crippen LogP contribution < -0.4 is 5.32 Å². The first-order chi connectivity index (χ1) is 7.24. The monoisotopic (exact) mass is 202 g/mol. The summed E-state index contributed by atoms with van der Waals surface area (Å²) < 4.78 is 1.79. The molecule has 0 spiro atoms. The predicted molar refractivity (Wildman–Crippen MR) is 59.5 cm³/mol. The number of anilines is 1. The molecule has 2 aromatic rings. The van der Waals surface area contributed by atoms with Gasteiger partial charge in [-0.1, -0.05) is 6.07 Å². The molecule has 78 valence electrons. The van der Waals surface area contributed by atoms with Gasteiger partial charge >= 0.3 is 0 Å². The number of hydrogen-bond donors (Lipinski definition) is 1. The van der Waals surface area contributed by atoms with E-state index < -0.39 is 0 Å². The van der Waals surface area contributed by atoms with Crippen molar-refractivity contribution >= 4 is 5.82 Å². The molecule has 0 amide bonds. The Morgan fingerprint density at radius 1 is 1.33 bits per heavy atom. The molecule has 0 aromatic carbocycles. The van der Waals surface area contributed by atoms with Crippen LogP contribution in [0.15, 0.2) is 30.5 Å². The standard InChI is InChI=1S/C11H14N4/c1-9-4-3-5-11(13-9)12-8-10-6-7-15(2)14-10/h3-7H,8H2,1-2H3,(H,12,13). The number of rotatable bonds is 3. The molecule has 0 radical (unpaired) electrons. The van der Waals surface area contributed by atoms with Crippen molar-refractivity contribution in [2.24, 2.45) is 7.05 Å². The van der Waals surface area contributed by atoms with E-state index in [4.69, 9.17) is 0 Å². The van der Waals surface area contributed by atoms with Gasteiger partial charge in [-0.05, 0) is 25.1 Å². The lowest BCUT2D eigenvalue weighted by Crippen LogP contribution is -2.03. The first-order valence-corrected chi connectivity index (χ1v) is 4.90. The first-order valence-electron chi connectivity index (χ1n) is 4.90. The molecule has 1 N–H and O–H groups in total. The molecule has 2 aromatic heterocycles. The fourth-order valence-electron chi connectivity index (χ4n) is 1.38. The summed E-state index contributed by atoms with van der Waals surface area (Å²) in [6.07, 6.45) is 1.93. The van der Waals surface area contributed by atoms with Gasteiger partial charge in [0.2, 0.25) is 0 Å². The van der Waals surface area contributed by atoms with E-state index >= 15 is 0 Å². The Morgan fingerprint density at radius 3 is 2.87 bits per heavy atom. The van der Waals surface area contributed by atoms with Crippen LogP contribution in [0, 0.1) is 6.92 Å². The summed E-state index contributed by atoms with van der Waals surface area (Å²) in [5.41, 5.74) is 2.03. The summed E-state index contributed by atoms with van der Waals surface area (Å²) in [6, 6.07) is 7.91. The second-order valence-electron chi connectivity index (χ2n) is 3.50. The SMILES string of the molecule is Cc1cccc(NCc2ccn(C)n2)n1. The molecule has 2 rings (SSSR count). The minimum atomic E-state index is 0.706. The van der Waals surface area contributed by atoms with Gasteiger partial charge in [-0.2, -0.15) is 5.10 Å². The maximum absolute atomic E-state index is 4.35. The minimum absolute atomic E-state index is 0.706. The van der Waals surface area contributed by atoms with Crippen LogP contribution in [0.1, 0.15) is 11.4 Å². The predicted octanol–water partition coefficient (Wildman–Crippen LogP) is 1.74. The third-order valence-corrected chi connectivity index (χ3v) is 2.11. The number of aromatic nitrogens is 3. The van der Waals surface area contributed by atoms with Gasteiger partial charge in [0.15, 0.2) is 0 Å². The average molecular weight is 202 g/mol. The Morgan fingerprint density at radius 2 is 2.20 bits per heavy atom. The van der Waals surface area contributed by atoms with E-state index in [1.165, 1.54) is 0 Å². The summed E-state index contributed by atoms with van der Waals surface area (Å²) in [5, 5.41) is 7.50. The summed E-state index contributed by atoms with van der Waals surface area (Å²) in [5.74, 6) is 0.889. The van der Waals surface area contributed by atoms with E-state index in [0.29, 0.717) is 6.54 Å². The highest BCUT2D eigenvalue weighted by Gasteiger charge is 1.97. The van der Waals surface area contributed by atoms with Gasteiger partial charge in [0.25, 0.3) is 0 Å². The van der Waals surface area contributed by atoms with Crippen molar-refractivity contribution in [3.63, 3.8) is 0 Å². The smallest absolute Gasteiger partial charge is 0.126 e. The molecule has 0 aliphatic heterocycles. The van der Waals surface area contributed by atoms with Crippen molar-refractivity contribution in [1.82, 2.24) is 14.8 Å². The van der Waals surface area contributed by atoms with Gasteiger partial charge < -0.3 is 5.32 Å². The molecule has 0 atom stereocenters. The third-order valence-electron chi connectivity index (χ3n) is 2.11. The van der Waals surface area contributed by atoms with E-state index in [0.717, 1.165) is 17.2 Å². The van der Waals surface area contributed by atoms with Crippen LogP contribution in [0.25, 0.3) is 0 Å². The van der Waals surface area contributed by atoms with Crippen LogP contribution in [-0.2, 0) is 13.6 Å². The number of aryl methyl sites for hydroxylation is 2. The lowest BCUT2D eigenvalue weighted by atomic mass is 10.3. The lowest BCUT2D eigenvalue weighted by molar-refractivity contribution is 0.747. The molecule has 15 heavy (non-hydrogen) atoms. The Bertz CT molecular complexity index is 447. The van der Waals surface area contributed by atoms with Gasteiger partial charge in [0.1, 0.15) is 5.82 Å². The van der Waals surface area contributed by atoms with Crippen molar-refractivity contribution in [2.75, 3.05) is 5.32 Å². The molecular weight excluding hydrogens is 188 g/mol. The van der Waals surface area contributed by atoms with Gasteiger partial charge in [0.05, 0.1) is 12.2 Å². The average Bonchev–Trinajstić information content (AvgIpc) is 2.62. The number of hydrogen-bond acceptors (Lipinski definition) is 3. The summed E-state index contributed by atoms with van der Waals surface area (Å²) in [4.78, 5) is 4.35. The maximum atomic E-state index is 4.35. The van der Waals surface area contributed by atoms with Crippen molar-refractivity contribution in [3.05, 3.63) is 41.9 Å². The molecule has 0 unspecified atom stereocenters. The fourth-order valence-corrected chi connectivity index (χ4v) is 1.38. The Balaban J connectivity index is 1.99. The second-order valence-corrected chi connectivity index (χ2v) is 3.50. The molecule has 0 fully saturated rings.